The Kier molecular flexibility index (Phi) is 9.53. The minimum absolute atomic E-state index is 0.0429. The number of benzene rings is 3. The van der Waals surface area contributed by atoms with E-state index in [-0.39, 0.29) is 6.10 Å². The lowest BCUT2D eigenvalue weighted by atomic mass is 9.88. The number of aryl methyl sites for hydroxylation is 2. The number of fused-ring (bicyclic) bond motifs is 1. The molecule has 1 aromatic heterocycles. The van der Waals surface area contributed by atoms with Crippen LogP contribution in [-0.2, 0) is 32.4 Å². The van der Waals surface area contributed by atoms with E-state index >= 15 is 0 Å². The monoisotopic (exact) mass is 576 g/mol. The summed E-state index contributed by atoms with van der Waals surface area (Å²) in [7, 11) is 0. The Hall–Kier alpha value is -3.50. The quantitative estimate of drug-likeness (QED) is 0.177. The summed E-state index contributed by atoms with van der Waals surface area (Å²) in [5, 5.41) is 3.82. The molecule has 0 saturated heterocycles. The fourth-order valence-electron chi connectivity index (χ4n) is 7.25. The van der Waals surface area contributed by atoms with Gasteiger partial charge in [-0.05, 0) is 96.5 Å². The summed E-state index contributed by atoms with van der Waals surface area (Å²) in [6.45, 7) is 8.09. The Morgan fingerprint density at radius 1 is 0.884 bits per heavy atom. The molecule has 1 heterocycles. The Labute approximate surface area is 258 Å². The first-order valence-electron chi connectivity index (χ1n) is 16.7. The summed E-state index contributed by atoms with van der Waals surface area (Å²) in [5.74, 6) is 1.84. The van der Waals surface area contributed by atoms with Gasteiger partial charge in [0.1, 0.15) is 24.2 Å². The number of rotatable bonds is 12. The van der Waals surface area contributed by atoms with E-state index in [1.165, 1.54) is 83.0 Å². The SMILES string of the molecule is CCCc1cccc(-c2cccc3c2CC[C@@H]3Oc2cc(OCc3cc[nH]c3)c(CNC3CCCCC3)cc2C)c1CC. The summed E-state index contributed by atoms with van der Waals surface area (Å²) in [6.07, 6.45) is 15.9. The zero-order chi connectivity index (χ0) is 29.6. The van der Waals surface area contributed by atoms with E-state index in [9.17, 15) is 0 Å². The number of hydrogen-bond acceptors (Lipinski definition) is 3. The lowest BCUT2D eigenvalue weighted by Crippen LogP contribution is -2.30. The summed E-state index contributed by atoms with van der Waals surface area (Å²) < 4.78 is 13.3. The number of ether oxygens (including phenoxy) is 2. The normalized spacial score (nSPS) is 16.8. The molecule has 0 amide bonds. The molecule has 0 radical (unpaired) electrons. The molecule has 0 bridgehead atoms. The van der Waals surface area contributed by atoms with Crippen LogP contribution >= 0.6 is 0 Å². The van der Waals surface area contributed by atoms with Gasteiger partial charge in [0.25, 0.3) is 0 Å². The van der Waals surface area contributed by atoms with Gasteiger partial charge >= 0.3 is 0 Å². The second-order valence-electron chi connectivity index (χ2n) is 12.5. The molecule has 4 heteroatoms. The number of nitrogens with one attached hydrogen (secondary N) is 2. The topological polar surface area (TPSA) is 46.3 Å². The predicted molar refractivity (Wildman–Crippen MR) is 177 cm³/mol. The number of hydrogen-bond donors (Lipinski definition) is 2. The molecule has 0 aliphatic heterocycles. The van der Waals surface area contributed by atoms with Gasteiger partial charge in [0, 0.05) is 42.2 Å². The molecule has 2 N–H and O–H groups in total. The van der Waals surface area contributed by atoms with E-state index in [0.717, 1.165) is 49.3 Å². The predicted octanol–water partition coefficient (Wildman–Crippen LogP) is 9.57. The van der Waals surface area contributed by atoms with Gasteiger partial charge in [-0.25, -0.2) is 0 Å². The average molecular weight is 577 g/mol. The highest BCUT2D eigenvalue weighted by atomic mass is 16.5. The van der Waals surface area contributed by atoms with Crippen molar-refractivity contribution in [3.8, 4) is 22.6 Å². The van der Waals surface area contributed by atoms with Crippen molar-refractivity contribution in [2.45, 2.75) is 110 Å². The van der Waals surface area contributed by atoms with Crippen molar-refractivity contribution in [1.29, 1.82) is 0 Å². The van der Waals surface area contributed by atoms with Gasteiger partial charge in [0.2, 0.25) is 0 Å². The Bertz CT molecular complexity index is 1500. The zero-order valence-electron chi connectivity index (χ0n) is 26.3. The zero-order valence-corrected chi connectivity index (χ0v) is 26.3. The molecule has 226 valence electrons. The van der Waals surface area contributed by atoms with Crippen LogP contribution in [0.1, 0.15) is 104 Å². The highest BCUT2D eigenvalue weighted by molar-refractivity contribution is 5.74. The minimum atomic E-state index is 0.0429. The van der Waals surface area contributed by atoms with Gasteiger partial charge in [-0.15, -0.1) is 0 Å². The lowest BCUT2D eigenvalue weighted by Gasteiger charge is -2.24. The molecule has 1 fully saturated rings. The minimum Gasteiger partial charge on any atom is -0.488 e. The van der Waals surface area contributed by atoms with Crippen LogP contribution in [0, 0.1) is 6.92 Å². The van der Waals surface area contributed by atoms with Gasteiger partial charge < -0.3 is 19.8 Å². The van der Waals surface area contributed by atoms with Gasteiger partial charge in [-0.3, -0.25) is 0 Å². The van der Waals surface area contributed by atoms with Crippen LogP contribution in [0.3, 0.4) is 0 Å². The standard InChI is InChI=1S/C39H48N2O2/c1-4-11-29-12-9-15-33(32(29)5-2)34-16-10-17-36-35(34)18-19-37(36)43-38-23-39(42-26-28-20-21-40-24-28)30(22-27(38)3)25-41-31-13-7-6-8-14-31/h9-10,12,15-17,20-24,31,37,40-41H,4-8,11,13-14,18-19,25-26H2,1-3H3/t37-/m0/s1. The molecule has 1 atom stereocenters. The molecular formula is C39H48N2O2. The fraction of sp³-hybridized carbons (Fsp3) is 0.436. The largest absolute Gasteiger partial charge is 0.488 e. The number of aromatic amines is 1. The molecule has 0 unspecified atom stereocenters. The van der Waals surface area contributed by atoms with Crippen LogP contribution in [0.2, 0.25) is 0 Å². The van der Waals surface area contributed by atoms with E-state index < -0.39 is 0 Å². The van der Waals surface area contributed by atoms with Crippen molar-refractivity contribution in [3.05, 3.63) is 106 Å². The molecule has 3 aromatic carbocycles. The molecule has 43 heavy (non-hydrogen) atoms. The van der Waals surface area contributed by atoms with Crippen LogP contribution < -0.4 is 14.8 Å². The molecule has 4 nitrogen and oxygen atoms in total. The summed E-state index contributed by atoms with van der Waals surface area (Å²) >= 11 is 0. The summed E-state index contributed by atoms with van der Waals surface area (Å²) in [5.41, 5.74) is 12.1. The molecule has 6 rings (SSSR count). The summed E-state index contributed by atoms with van der Waals surface area (Å²) in [4.78, 5) is 3.14. The molecular weight excluding hydrogens is 528 g/mol. The molecule has 2 aliphatic rings. The Morgan fingerprint density at radius 3 is 2.51 bits per heavy atom. The Balaban J connectivity index is 1.26. The Morgan fingerprint density at radius 2 is 1.72 bits per heavy atom. The summed E-state index contributed by atoms with van der Waals surface area (Å²) in [6, 6.07) is 20.8. The second-order valence-corrected chi connectivity index (χ2v) is 12.5. The highest BCUT2D eigenvalue weighted by Gasteiger charge is 2.28. The van der Waals surface area contributed by atoms with Gasteiger partial charge in [0.15, 0.2) is 0 Å². The lowest BCUT2D eigenvalue weighted by molar-refractivity contribution is 0.204. The third kappa shape index (κ3) is 6.70. The van der Waals surface area contributed by atoms with Crippen LogP contribution in [0.4, 0.5) is 0 Å². The van der Waals surface area contributed by atoms with Crippen molar-refractivity contribution >= 4 is 0 Å². The van der Waals surface area contributed by atoms with Gasteiger partial charge in [-0.1, -0.05) is 75.9 Å². The van der Waals surface area contributed by atoms with E-state index in [1.807, 2.05) is 12.4 Å². The van der Waals surface area contributed by atoms with Crippen LogP contribution in [0.25, 0.3) is 11.1 Å². The first-order valence-corrected chi connectivity index (χ1v) is 16.7. The van der Waals surface area contributed by atoms with Gasteiger partial charge in [0.05, 0.1) is 0 Å². The maximum atomic E-state index is 6.86. The first-order chi connectivity index (χ1) is 21.1. The maximum Gasteiger partial charge on any atom is 0.128 e. The van der Waals surface area contributed by atoms with Crippen molar-refractivity contribution in [1.82, 2.24) is 10.3 Å². The van der Waals surface area contributed by atoms with Crippen molar-refractivity contribution in [2.24, 2.45) is 0 Å². The third-order valence-electron chi connectivity index (χ3n) is 9.52. The van der Waals surface area contributed by atoms with E-state index in [0.29, 0.717) is 12.6 Å². The molecule has 2 aliphatic carbocycles. The van der Waals surface area contributed by atoms with Crippen LogP contribution in [0.5, 0.6) is 11.5 Å². The van der Waals surface area contributed by atoms with Crippen molar-refractivity contribution in [2.75, 3.05) is 0 Å². The number of H-pyrrole nitrogens is 1. The van der Waals surface area contributed by atoms with E-state index in [2.05, 4.69) is 85.7 Å². The molecule has 4 aromatic rings. The second kappa shape index (κ2) is 13.9. The highest BCUT2D eigenvalue weighted by Crippen LogP contribution is 2.43. The van der Waals surface area contributed by atoms with E-state index in [4.69, 9.17) is 9.47 Å². The van der Waals surface area contributed by atoms with Crippen molar-refractivity contribution < 1.29 is 9.47 Å². The molecule has 0 spiro atoms. The van der Waals surface area contributed by atoms with Gasteiger partial charge in [-0.2, -0.15) is 0 Å². The average Bonchev–Trinajstić information content (AvgIpc) is 3.71. The van der Waals surface area contributed by atoms with E-state index in [1.54, 1.807) is 0 Å². The maximum absolute atomic E-state index is 6.86. The van der Waals surface area contributed by atoms with Crippen molar-refractivity contribution in [3.63, 3.8) is 0 Å². The number of aromatic nitrogens is 1. The third-order valence-corrected chi connectivity index (χ3v) is 9.52. The molecule has 1 saturated carbocycles. The van der Waals surface area contributed by atoms with Crippen LogP contribution in [0.15, 0.2) is 67.0 Å². The smallest absolute Gasteiger partial charge is 0.128 e. The van der Waals surface area contributed by atoms with Crippen LogP contribution in [-0.4, -0.2) is 11.0 Å². The fourth-order valence-corrected chi connectivity index (χ4v) is 7.25. The first kappa shape index (κ1) is 29.6.